The number of hydrogen-bond donors (Lipinski definition) is 2. The molecule has 0 radical (unpaired) electrons. The van der Waals surface area contributed by atoms with Crippen LogP contribution in [0.3, 0.4) is 0 Å². The molecule has 2 aromatic carbocycles. The van der Waals surface area contributed by atoms with Gasteiger partial charge in [0.05, 0.1) is 18.3 Å². The van der Waals surface area contributed by atoms with Crippen LogP contribution in [0.5, 0.6) is 0 Å². The van der Waals surface area contributed by atoms with Gasteiger partial charge in [-0.15, -0.1) is 5.10 Å². The number of benzene rings is 2. The fourth-order valence-corrected chi connectivity index (χ4v) is 3.08. The van der Waals surface area contributed by atoms with E-state index in [9.17, 15) is 22.8 Å². The maximum absolute atomic E-state index is 12.9. The highest BCUT2D eigenvalue weighted by Gasteiger charge is 2.30. The highest BCUT2D eigenvalue weighted by Crippen LogP contribution is 2.30. The molecular weight excluding hydrogens is 467 g/mol. The van der Waals surface area contributed by atoms with E-state index < -0.39 is 29.8 Å². The van der Waals surface area contributed by atoms with Crippen LogP contribution in [-0.4, -0.2) is 46.3 Å². The van der Waals surface area contributed by atoms with Gasteiger partial charge in [-0.2, -0.15) is 13.2 Å². The Hall–Kier alpha value is -3.77. The molecule has 0 saturated carbocycles. The van der Waals surface area contributed by atoms with Crippen molar-refractivity contribution in [1.29, 1.82) is 0 Å². The first-order chi connectivity index (χ1) is 16.7. The van der Waals surface area contributed by atoms with Gasteiger partial charge in [-0.1, -0.05) is 17.3 Å². The fourth-order valence-electron chi connectivity index (χ4n) is 3.08. The van der Waals surface area contributed by atoms with Crippen molar-refractivity contribution in [1.82, 2.24) is 15.0 Å². The number of anilines is 2. The van der Waals surface area contributed by atoms with Gasteiger partial charge in [0.25, 0.3) is 11.8 Å². The highest BCUT2D eigenvalue weighted by molar-refractivity contribution is 6.06. The lowest BCUT2D eigenvalue weighted by Gasteiger charge is -2.16. The lowest BCUT2D eigenvalue weighted by Crippen LogP contribution is -2.24. The summed E-state index contributed by atoms with van der Waals surface area (Å²) in [5, 5.41) is 12.8. The number of ether oxygens (including phenoxy) is 2. The van der Waals surface area contributed by atoms with E-state index in [0.29, 0.717) is 18.9 Å². The number of alkyl halides is 3. The van der Waals surface area contributed by atoms with Gasteiger partial charge in [0.15, 0.2) is 12.0 Å². The van der Waals surface area contributed by atoms with Crippen molar-refractivity contribution in [2.75, 3.05) is 23.8 Å². The molecule has 0 bridgehead atoms. The Kier molecular flexibility index (Phi) is 8.55. The van der Waals surface area contributed by atoms with Crippen LogP contribution in [-0.2, 0) is 22.2 Å². The minimum Gasteiger partial charge on any atom is -0.351 e. The molecule has 186 valence electrons. The lowest BCUT2D eigenvalue weighted by atomic mass is 10.1. The van der Waals surface area contributed by atoms with Crippen LogP contribution < -0.4 is 10.6 Å². The van der Waals surface area contributed by atoms with E-state index in [0.717, 1.165) is 12.1 Å². The van der Waals surface area contributed by atoms with Crippen molar-refractivity contribution < 1.29 is 32.2 Å². The van der Waals surface area contributed by atoms with Crippen LogP contribution in [0.15, 0.2) is 54.7 Å². The van der Waals surface area contributed by atoms with Gasteiger partial charge in [0, 0.05) is 30.2 Å². The molecule has 35 heavy (non-hydrogen) atoms. The molecule has 0 spiro atoms. The summed E-state index contributed by atoms with van der Waals surface area (Å²) < 4.78 is 51.0. The molecule has 2 N–H and O–H groups in total. The zero-order valence-electron chi connectivity index (χ0n) is 19.0. The van der Waals surface area contributed by atoms with Gasteiger partial charge in [-0.05, 0) is 50.2 Å². The van der Waals surface area contributed by atoms with Crippen molar-refractivity contribution in [2.24, 2.45) is 0 Å². The third kappa shape index (κ3) is 7.36. The van der Waals surface area contributed by atoms with E-state index in [-0.39, 0.29) is 23.5 Å². The first-order valence-corrected chi connectivity index (χ1v) is 10.7. The Labute approximate surface area is 199 Å². The Balaban J connectivity index is 1.65. The van der Waals surface area contributed by atoms with Crippen LogP contribution in [0, 0.1) is 0 Å². The van der Waals surface area contributed by atoms with Crippen molar-refractivity contribution in [2.45, 2.75) is 32.9 Å². The smallest absolute Gasteiger partial charge is 0.351 e. The second kappa shape index (κ2) is 11.6. The molecule has 0 atom stereocenters. The Bertz CT molecular complexity index is 1160. The van der Waals surface area contributed by atoms with Crippen molar-refractivity contribution >= 4 is 23.2 Å². The van der Waals surface area contributed by atoms with Crippen molar-refractivity contribution in [3.05, 3.63) is 71.5 Å². The minimum atomic E-state index is -4.53. The number of aromatic nitrogens is 3. The summed E-state index contributed by atoms with van der Waals surface area (Å²) in [4.78, 5) is 25.1. The summed E-state index contributed by atoms with van der Waals surface area (Å²) in [5.74, 6) is -1.19. The van der Waals surface area contributed by atoms with E-state index in [1.807, 2.05) is 13.8 Å². The molecule has 0 unspecified atom stereocenters. The molecule has 9 nitrogen and oxygen atoms in total. The quantitative estimate of drug-likeness (QED) is 0.412. The molecule has 0 saturated heterocycles. The van der Waals surface area contributed by atoms with Gasteiger partial charge >= 0.3 is 6.18 Å². The second-order valence-corrected chi connectivity index (χ2v) is 7.23. The van der Waals surface area contributed by atoms with E-state index in [2.05, 4.69) is 20.9 Å². The number of carbonyl (C=O) groups is 2. The topological polar surface area (TPSA) is 107 Å². The number of amides is 2. The molecule has 3 rings (SSSR count). The number of rotatable bonds is 10. The predicted octanol–water partition coefficient (Wildman–Crippen LogP) is 4.20. The molecule has 2 amide bonds. The van der Waals surface area contributed by atoms with Crippen molar-refractivity contribution in [3.8, 4) is 0 Å². The average molecular weight is 491 g/mol. The third-order valence-corrected chi connectivity index (χ3v) is 4.64. The summed E-state index contributed by atoms with van der Waals surface area (Å²) in [6, 6.07) is 10.3. The summed E-state index contributed by atoms with van der Waals surface area (Å²) >= 11 is 0. The van der Waals surface area contributed by atoms with Crippen LogP contribution in [0.1, 0.15) is 40.3 Å². The maximum atomic E-state index is 12.9. The first-order valence-electron chi connectivity index (χ1n) is 10.7. The minimum absolute atomic E-state index is 0.00622. The maximum Gasteiger partial charge on any atom is 0.416 e. The van der Waals surface area contributed by atoms with Crippen LogP contribution in [0.25, 0.3) is 0 Å². The zero-order valence-corrected chi connectivity index (χ0v) is 19.0. The second-order valence-electron chi connectivity index (χ2n) is 7.23. The molecule has 0 aliphatic heterocycles. The SMILES string of the molecule is CCOC(Cn1cc(C(=O)Nc2cccc(C(=O)Nc3cccc(C(F)(F)F)c3)c2)nn1)OCC. The van der Waals surface area contributed by atoms with Crippen LogP contribution in [0.4, 0.5) is 24.5 Å². The summed E-state index contributed by atoms with van der Waals surface area (Å²) in [7, 11) is 0. The molecule has 0 aliphatic carbocycles. The molecular formula is C23H24F3N5O4. The van der Waals surface area contributed by atoms with Gasteiger partial charge in [0.2, 0.25) is 0 Å². The highest BCUT2D eigenvalue weighted by atomic mass is 19.4. The largest absolute Gasteiger partial charge is 0.416 e. The predicted molar refractivity (Wildman–Crippen MR) is 121 cm³/mol. The summed E-state index contributed by atoms with van der Waals surface area (Å²) in [6.45, 7) is 4.81. The van der Waals surface area contributed by atoms with Gasteiger partial charge < -0.3 is 20.1 Å². The van der Waals surface area contributed by atoms with E-state index in [1.54, 1.807) is 6.07 Å². The standard InChI is InChI=1S/C23H24F3N5O4/c1-3-34-20(35-4-2)14-31-13-19(29-30-31)22(33)28-17-9-5-7-15(11-17)21(32)27-18-10-6-8-16(12-18)23(24,25)26/h5-13,20H,3-4,14H2,1-2H3,(H,27,32)(H,28,33). The average Bonchev–Trinajstić information content (AvgIpc) is 3.28. The van der Waals surface area contributed by atoms with Gasteiger partial charge in [-0.25, -0.2) is 4.68 Å². The molecule has 12 heteroatoms. The number of hydrogen-bond acceptors (Lipinski definition) is 6. The summed E-state index contributed by atoms with van der Waals surface area (Å²) in [6.07, 6.45) is -3.63. The Morgan fingerprint density at radius 1 is 0.971 bits per heavy atom. The van der Waals surface area contributed by atoms with Gasteiger partial charge in [-0.3, -0.25) is 9.59 Å². The number of carbonyl (C=O) groups excluding carboxylic acids is 2. The molecule has 0 fully saturated rings. The third-order valence-electron chi connectivity index (χ3n) is 4.64. The Morgan fingerprint density at radius 2 is 1.60 bits per heavy atom. The number of nitrogens with zero attached hydrogens (tertiary/aromatic N) is 3. The molecule has 0 aliphatic rings. The molecule has 1 aromatic heterocycles. The van der Waals surface area contributed by atoms with Crippen LogP contribution >= 0.6 is 0 Å². The van der Waals surface area contributed by atoms with E-state index >= 15 is 0 Å². The van der Waals surface area contributed by atoms with E-state index in [4.69, 9.17) is 9.47 Å². The lowest BCUT2D eigenvalue weighted by molar-refractivity contribution is -0.145. The molecule has 1 heterocycles. The molecule has 3 aromatic rings. The number of nitrogens with one attached hydrogen (secondary N) is 2. The van der Waals surface area contributed by atoms with Crippen molar-refractivity contribution in [3.63, 3.8) is 0 Å². The first kappa shape index (κ1) is 25.8. The number of halogens is 3. The zero-order chi connectivity index (χ0) is 25.4. The fraction of sp³-hybridized carbons (Fsp3) is 0.304. The van der Waals surface area contributed by atoms with Gasteiger partial charge in [0.1, 0.15) is 0 Å². The van der Waals surface area contributed by atoms with Crippen LogP contribution in [0.2, 0.25) is 0 Å². The monoisotopic (exact) mass is 491 g/mol. The summed E-state index contributed by atoms with van der Waals surface area (Å²) in [5.41, 5.74) is -0.412. The van der Waals surface area contributed by atoms with E-state index in [1.165, 1.54) is 41.2 Å². The normalized spacial score (nSPS) is 11.5. The Morgan fingerprint density at radius 3 is 2.26 bits per heavy atom.